The van der Waals surface area contributed by atoms with Crippen LogP contribution in [0.15, 0.2) is 77.8 Å². The topological polar surface area (TPSA) is 164 Å². The number of halogens is 7. The monoisotopic (exact) mass is 1430 g/mol. The third kappa shape index (κ3) is 27.6. The fourth-order valence-electron chi connectivity index (χ4n) is 2.99. The first-order chi connectivity index (χ1) is 23.6. The van der Waals surface area contributed by atoms with Crippen LogP contribution in [0.5, 0.6) is 23.5 Å². The van der Waals surface area contributed by atoms with Crippen LogP contribution < -0.4 is 56.9 Å². The van der Waals surface area contributed by atoms with Crippen LogP contribution in [0.1, 0.15) is 62.9 Å². The maximum absolute atomic E-state index is 8.37. The predicted octanol–water partition coefficient (Wildman–Crippen LogP) is 4.00. The Balaban J connectivity index is -0.000000558. The van der Waals surface area contributed by atoms with E-state index >= 15 is 0 Å². The van der Waals surface area contributed by atoms with Crippen LogP contribution in [-0.2, 0) is 0 Å². The molecule has 4 heterocycles. The van der Waals surface area contributed by atoms with Crippen molar-refractivity contribution in [1.29, 1.82) is 5.26 Å². The summed E-state index contributed by atoms with van der Waals surface area (Å²) in [6.45, 7) is 4.10. The van der Waals surface area contributed by atoms with Gasteiger partial charge in [-0.25, -0.2) is 19.9 Å². The van der Waals surface area contributed by atoms with Crippen LogP contribution in [0.4, 0.5) is 0 Å². The summed E-state index contributed by atoms with van der Waals surface area (Å²) in [5, 5.41) is 8.37. The number of pyridine rings is 4. The molecular formula is C32H44BrI6N7O4-2. The van der Waals surface area contributed by atoms with Crippen LogP contribution in [0.2, 0.25) is 0 Å². The van der Waals surface area contributed by atoms with Crippen LogP contribution in [0.25, 0.3) is 0 Å². The molecule has 11 nitrogen and oxygen atoms in total. The Kier molecular flexibility index (Phi) is 40.7. The molecule has 0 fully saturated rings. The number of nitrogens with two attached hydrogens (primary N) is 2. The molecule has 50 heavy (non-hydrogen) atoms. The number of hydrogen-bond donors (Lipinski definition) is 2. The molecule has 4 rings (SSSR count). The van der Waals surface area contributed by atoms with E-state index < -0.39 is 0 Å². The molecule has 282 valence electrons. The Labute approximate surface area is 365 Å². The van der Waals surface area contributed by atoms with Gasteiger partial charge in [-0.1, -0.05) is 33.4 Å². The normalized spacial score (nSPS) is 10.2. The van der Waals surface area contributed by atoms with Crippen molar-refractivity contribution >= 4 is 90.4 Å². The fraction of sp³-hybridized carbons (Fsp3) is 0.344. The molecule has 0 saturated carbocycles. The summed E-state index contributed by atoms with van der Waals surface area (Å²) in [4.78, 5) is 15.9. The second-order valence-electron chi connectivity index (χ2n) is 8.63. The Hall–Kier alpha value is 0.0700. The van der Waals surface area contributed by atoms with Gasteiger partial charge in [0.05, 0.1) is 34.0 Å². The van der Waals surface area contributed by atoms with E-state index in [9.17, 15) is 0 Å². The number of hydrogen-bond acceptors (Lipinski definition) is 11. The van der Waals surface area contributed by atoms with E-state index in [0.29, 0.717) is 55.6 Å². The molecule has 2 unspecified atom stereocenters. The van der Waals surface area contributed by atoms with E-state index in [2.05, 4.69) is 124 Å². The summed E-state index contributed by atoms with van der Waals surface area (Å²) in [5.41, 5.74) is 14.3. The Bertz CT molecular complexity index is 1320. The van der Waals surface area contributed by atoms with Crippen molar-refractivity contribution in [3.63, 3.8) is 0 Å². The van der Waals surface area contributed by atoms with Gasteiger partial charge in [0.15, 0.2) is 0 Å². The third-order valence-electron chi connectivity index (χ3n) is 5.66. The number of ether oxygens (including phenoxy) is 4. The number of nitriles is 1. The molecule has 4 N–H and O–H groups in total. The van der Waals surface area contributed by atoms with Gasteiger partial charge in [0.2, 0.25) is 23.5 Å². The molecule has 0 aliphatic carbocycles. The summed E-state index contributed by atoms with van der Waals surface area (Å²) in [6.07, 6.45) is 8.53. The molecule has 0 saturated heterocycles. The van der Waals surface area contributed by atoms with Gasteiger partial charge in [-0.05, 0) is 52.0 Å². The number of methoxy groups -OCH3 is 4. The average Bonchev–Trinajstić information content (AvgIpc) is 3.16. The first kappa shape index (κ1) is 54.4. The molecule has 4 aromatic heterocycles. The average molecular weight is 1430 g/mol. The van der Waals surface area contributed by atoms with Gasteiger partial charge < -0.3 is 30.4 Å². The molecule has 0 aliphatic rings. The first-order valence-corrected chi connectivity index (χ1v) is 39.8. The van der Waals surface area contributed by atoms with E-state index in [0.717, 1.165) is 28.4 Å². The van der Waals surface area contributed by atoms with Gasteiger partial charge >= 0.3 is 101 Å². The minimum absolute atomic E-state index is 0. The quantitative estimate of drug-likeness (QED) is 0.245. The van der Waals surface area contributed by atoms with Crippen molar-refractivity contribution in [1.82, 2.24) is 19.9 Å². The van der Waals surface area contributed by atoms with E-state index in [1.807, 2.05) is 36.4 Å². The van der Waals surface area contributed by atoms with Gasteiger partial charge in [-0.2, -0.15) is 5.26 Å². The van der Waals surface area contributed by atoms with Gasteiger partial charge in [-0.3, -0.25) is 0 Å². The van der Waals surface area contributed by atoms with Crippen LogP contribution >= 0.6 is 90.4 Å². The number of aromatic nitrogens is 4. The van der Waals surface area contributed by atoms with Gasteiger partial charge in [-0.15, -0.1) is 0 Å². The molecule has 2 atom stereocenters. The van der Waals surface area contributed by atoms with Gasteiger partial charge in [0.25, 0.3) is 0 Å². The molecule has 0 amide bonds. The van der Waals surface area contributed by atoms with Gasteiger partial charge in [0.1, 0.15) is 6.07 Å². The molecule has 0 aliphatic heterocycles. The summed E-state index contributed by atoms with van der Waals surface area (Å²) >= 11 is 13.9. The van der Waals surface area contributed by atoms with Crippen molar-refractivity contribution in [2.45, 2.75) is 46.2 Å². The zero-order chi connectivity index (χ0) is 37.5. The van der Waals surface area contributed by atoms with Crippen LogP contribution in [0.3, 0.4) is 0 Å². The van der Waals surface area contributed by atoms with Crippen LogP contribution in [0, 0.1) is 11.3 Å². The summed E-state index contributed by atoms with van der Waals surface area (Å²) in [7, 11) is 6.33. The predicted molar refractivity (Wildman–Crippen MR) is 233 cm³/mol. The molecule has 0 aromatic carbocycles. The Morgan fingerprint density at radius 3 is 1.18 bits per heavy atom. The second kappa shape index (κ2) is 37.4. The number of nitrogens with zero attached hydrogens (tertiary/aromatic N) is 5. The zero-order valence-electron chi connectivity index (χ0n) is 27.7. The van der Waals surface area contributed by atoms with E-state index in [4.69, 9.17) is 35.7 Å². The van der Waals surface area contributed by atoms with Crippen molar-refractivity contribution in [3.05, 3.63) is 94.5 Å². The molecule has 0 spiro atoms. The minimum atomic E-state index is 0. The third-order valence-corrected chi connectivity index (χ3v) is 6.13. The van der Waals surface area contributed by atoms with E-state index in [-0.39, 0.29) is 19.5 Å². The summed E-state index contributed by atoms with van der Waals surface area (Å²) < 4.78 is 20.5. The Morgan fingerprint density at radius 2 is 0.960 bits per heavy atom. The summed E-state index contributed by atoms with van der Waals surface area (Å²) in [5.74, 6) is 2.42. The van der Waals surface area contributed by atoms with Gasteiger partial charge in [0, 0.05) is 65.6 Å². The molecule has 0 bridgehead atoms. The van der Waals surface area contributed by atoms with Crippen molar-refractivity contribution < 1.29 is 45.5 Å². The SMILES string of the molecule is C.CCC(N)c1ccc(OC)nc1.CCC(N)c1ccc(OC)nc1.COc1ccc(Br)cn1.COc1ccc(C#N)cn1.I[I-]I.I[I-]I. The fourth-order valence-corrected chi connectivity index (χ4v) is 3.22. The Morgan fingerprint density at radius 1 is 0.640 bits per heavy atom. The standard InChI is InChI=1S/2C9H14N2O.C7H6N2O.C6H6BrNO.CH4.2I3/c2*1-3-8(10)7-4-5-9(12-2)11-6-7;1-10-7-3-2-6(4-8)5-9-7;1-9-6-3-2-5(7)4-8-6;;2*1-3-2/h2*4-6,8H,3,10H2,1-2H3;2-3,5H,1H3;2-4H,1H3;1H4;;/q;;;;;2*-1. The molecule has 18 heteroatoms. The van der Waals surface area contributed by atoms with Crippen molar-refractivity contribution in [2.24, 2.45) is 11.5 Å². The summed E-state index contributed by atoms with van der Waals surface area (Å²) in [6, 6.07) is 16.7. The van der Waals surface area contributed by atoms with E-state index in [1.54, 1.807) is 58.1 Å². The second-order valence-corrected chi connectivity index (χ2v) is 42.0. The van der Waals surface area contributed by atoms with Crippen molar-refractivity contribution in [3.8, 4) is 29.6 Å². The zero-order valence-corrected chi connectivity index (χ0v) is 42.2. The van der Waals surface area contributed by atoms with E-state index in [1.165, 1.54) is 13.3 Å². The van der Waals surface area contributed by atoms with Crippen molar-refractivity contribution in [2.75, 3.05) is 28.4 Å². The molecule has 0 radical (unpaired) electrons. The molecule has 4 aromatic rings. The first-order valence-electron chi connectivity index (χ1n) is 13.9. The maximum atomic E-state index is 8.37. The number of rotatable bonds is 8. The molecular weight excluding hydrogens is 1390 g/mol. The van der Waals surface area contributed by atoms with Crippen LogP contribution in [-0.4, -0.2) is 48.4 Å².